The van der Waals surface area contributed by atoms with Crippen LogP contribution in [-0.4, -0.2) is 10.1 Å². The van der Waals surface area contributed by atoms with E-state index in [0.29, 0.717) is 5.82 Å². The fourth-order valence-electron chi connectivity index (χ4n) is 0.599. The molecule has 5 heteroatoms. The molecule has 0 aromatic carbocycles. The van der Waals surface area contributed by atoms with Gasteiger partial charge in [0.2, 0.25) is 0 Å². The highest BCUT2D eigenvalue weighted by Crippen LogP contribution is 2.11. The number of anilines is 1. The van der Waals surface area contributed by atoms with E-state index in [4.69, 9.17) is 5.73 Å². The Hall–Kier alpha value is -0.680. The molecule has 0 atom stereocenters. The minimum Gasteiger partial charge on any atom is -0.376 e. The van der Waals surface area contributed by atoms with E-state index in [1.54, 1.807) is 12.3 Å². The average molecular weight is 232 g/mol. The molecule has 0 aliphatic heterocycles. The number of halogens is 1. The van der Waals surface area contributed by atoms with Crippen molar-refractivity contribution in [2.75, 3.05) is 5.32 Å². The number of nitrogens with zero attached hydrogens (tertiary/aromatic N) is 1. The van der Waals surface area contributed by atoms with Gasteiger partial charge in [0.25, 0.3) is 0 Å². The van der Waals surface area contributed by atoms with Crippen LogP contribution in [0, 0.1) is 0 Å². The van der Waals surface area contributed by atoms with Crippen LogP contribution in [0.4, 0.5) is 5.82 Å². The van der Waals surface area contributed by atoms with E-state index in [0.717, 1.165) is 4.47 Å². The zero-order chi connectivity index (χ0) is 8.27. The fraction of sp³-hybridized carbons (Fsp3) is 0. The van der Waals surface area contributed by atoms with Crippen LogP contribution in [0.5, 0.6) is 0 Å². The third-order valence-corrected chi connectivity index (χ3v) is 1.57. The van der Waals surface area contributed by atoms with Crippen molar-refractivity contribution in [2.45, 2.75) is 0 Å². The van der Waals surface area contributed by atoms with Gasteiger partial charge in [-0.3, -0.25) is 0 Å². The van der Waals surface area contributed by atoms with E-state index in [-0.39, 0.29) is 5.11 Å². The first-order valence-corrected chi connectivity index (χ1v) is 4.06. The molecule has 0 unspecified atom stereocenters. The zero-order valence-electron chi connectivity index (χ0n) is 5.54. The second kappa shape index (κ2) is 3.64. The lowest BCUT2D eigenvalue weighted by Crippen LogP contribution is -2.19. The quantitative estimate of drug-likeness (QED) is 0.720. The molecular weight excluding hydrogens is 226 g/mol. The van der Waals surface area contributed by atoms with E-state index >= 15 is 0 Å². The molecule has 3 N–H and O–H groups in total. The van der Waals surface area contributed by atoms with Crippen molar-refractivity contribution in [1.82, 2.24) is 4.98 Å². The minimum absolute atomic E-state index is 0.218. The molecular formula is C6H6BrN3S. The first-order valence-electron chi connectivity index (χ1n) is 2.86. The van der Waals surface area contributed by atoms with E-state index < -0.39 is 0 Å². The highest BCUT2D eigenvalue weighted by Gasteiger charge is 1.93. The van der Waals surface area contributed by atoms with E-state index in [2.05, 4.69) is 38.4 Å². The average Bonchev–Trinajstić information content (AvgIpc) is 1.85. The third kappa shape index (κ3) is 2.81. The molecule has 0 bridgehead atoms. The Kier molecular flexibility index (Phi) is 2.78. The summed E-state index contributed by atoms with van der Waals surface area (Å²) in [5.74, 6) is 0.645. The summed E-state index contributed by atoms with van der Waals surface area (Å²) in [4.78, 5) is 3.97. The summed E-state index contributed by atoms with van der Waals surface area (Å²) in [5, 5.41) is 2.93. The second-order valence-corrected chi connectivity index (χ2v) is 3.20. The van der Waals surface area contributed by atoms with Gasteiger partial charge in [-0.25, -0.2) is 4.98 Å². The summed E-state index contributed by atoms with van der Waals surface area (Å²) in [7, 11) is 0. The van der Waals surface area contributed by atoms with Crippen LogP contribution in [0.3, 0.4) is 0 Å². The van der Waals surface area contributed by atoms with E-state index in [1.807, 2.05) is 6.07 Å². The maximum Gasteiger partial charge on any atom is 0.169 e. The molecule has 0 spiro atoms. The molecule has 1 rings (SSSR count). The molecule has 0 saturated heterocycles. The maximum absolute atomic E-state index is 5.24. The standard InChI is InChI=1S/C6H6BrN3S/c7-4-1-2-9-5(3-4)10-6(8)11/h1-3H,(H3,8,9,10,11). The van der Waals surface area contributed by atoms with Crippen LogP contribution in [-0.2, 0) is 0 Å². The third-order valence-electron chi connectivity index (χ3n) is 0.973. The van der Waals surface area contributed by atoms with Crippen LogP contribution >= 0.6 is 28.1 Å². The predicted molar refractivity (Wildman–Crippen MR) is 52.3 cm³/mol. The Bertz CT molecular complexity index is 276. The van der Waals surface area contributed by atoms with Crippen molar-refractivity contribution < 1.29 is 0 Å². The molecule has 0 radical (unpaired) electrons. The first-order chi connectivity index (χ1) is 5.18. The van der Waals surface area contributed by atoms with Gasteiger partial charge in [0.05, 0.1) is 0 Å². The van der Waals surface area contributed by atoms with Crippen molar-refractivity contribution >= 4 is 39.1 Å². The van der Waals surface area contributed by atoms with E-state index in [9.17, 15) is 0 Å². The SMILES string of the molecule is NC(=S)Nc1cc(Br)ccn1. The molecule has 3 nitrogen and oxygen atoms in total. The number of thiocarbonyl (C=S) groups is 1. The Morgan fingerprint density at radius 3 is 3.00 bits per heavy atom. The van der Waals surface area contributed by atoms with Gasteiger partial charge in [0, 0.05) is 10.7 Å². The lowest BCUT2D eigenvalue weighted by Gasteiger charge is -2.01. The summed E-state index contributed by atoms with van der Waals surface area (Å²) in [6, 6.07) is 3.61. The number of aromatic nitrogens is 1. The number of hydrogen-bond acceptors (Lipinski definition) is 2. The monoisotopic (exact) mass is 231 g/mol. The minimum atomic E-state index is 0.218. The molecule has 58 valence electrons. The number of nitrogens with two attached hydrogens (primary N) is 1. The summed E-state index contributed by atoms with van der Waals surface area (Å²) in [6.45, 7) is 0. The molecule has 0 saturated carbocycles. The Labute approximate surface area is 78.1 Å². The molecule has 0 aliphatic rings. The van der Waals surface area contributed by atoms with Gasteiger partial charge in [-0.2, -0.15) is 0 Å². The molecule has 0 amide bonds. The van der Waals surface area contributed by atoms with Gasteiger partial charge in [-0.15, -0.1) is 0 Å². The molecule has 1 aromatic rings. The van der Waals surface area contributed by atoms with Gasteiger partial charge >= 0.3 is 0 Å². The van der Waals surface area contributed by atoms with Crippen LogP contribution in [0.2, 0.25) is 0 Å². The van der Waals surface area contributed by atoms with Crippen LogP contribution < -0.4 is 11.1 Å². The Morgan fingerprint density at radius 2 is 2.45 bits per heavy atom. The van der Waals surface area contributed by atoms with Crippen LogP contribution in [0.1, 0.15) is 0 Å². The number of pyridine rings is 1. The van der Waals surface area contributed by atoms with Gasteiger partial charge < -0.3 is 11.1 Å². The summed E-state index contributed by atoms with van der Waals surface area (Å²) in [5.41, 5.74) is 5.24. The fourth-order valence-corrected chi connectivity index (χ4v) is 1.04. The highest BCUT2D eigenvalue weighted by molar-refractivity contribution is 9.10. The smallest absolute Gasteiger partial charge is 0.169 e. The lowest BCUT2D eigenvalue weighted by atomic mass is 10.5. The maximum atomic E-state index is 5.24. The summed E-state index contributed by atoms with van der Waals surface area (Å²) in [6.07, 6.45) is 1.66. The first kappa shape index (κ1) is 8.42. The number of hydrogen-bond donors (Lipinski definition) is 2. The van der Waals surface area contributed by atoms with Crippen molar-refractivity contribution in [3.8, 4) is 0 Å². The van der Waals surface area contributed by atoms with Crippen molar-refractivity contribution in [1.29, 1.82) is 0 Å². The molecule has 0 aliphatic carbocycles. The van der Waals surface area contributed by atoms with E-state index in [1.165, 1.54) is 0 Å². The molecule has 1 aromatic heterocycles. The predicted octanol–water partition coefficient (Wildman–Crippen LogP) is 1.50. The number of rotatable bonds is 1. The Balaban J connectivity index is 2.79. The lowest BCUT2D eigenvalue weighted by molar-refractivity contribution is 1.31. The zero-order valence-corrected chi connectivity index (χ0v) is 7.95. The van der Waals surface area contributed by atoms with Crippen molar-refractivity contribution in [3.05, 3.63) is 22.8 Å². The topological polar surface area (TPSA) is 50.9 Å². The number of nitrogens with one attached hydrogen (secondary N) is 1. The van der Waals surface area contributed by atoms with Gasteiger partial charge in [-0.05, 0) is 24.4 Å². The molecule has 11 heavy (non-hydrogen) atoms. The largest absolute Gasteiger partial charge is 0.376 e. The highest BCUT2D eigenvalue weighted by atomic mass is 79.9. The molecule has 1 heterocycles. The van der Waals surface area contributed by atoms with Crippen LogP contribution in [0.15, 0.2) is 22.8 Å². The normalized spacial score (nSPS) is 9.18. The Morgan fingerprint density at radius 1 is 1.73 bits per heavy atom. The van der Waals surface area contributed by atoms with Crippen molar-refractivity contribution in [2.24, 2.45) is 5.73 Å². The van der Waals surface area contributed by atoms with Gasteiger partial charge in [0.1, 0.15) is 5.82 Å². The second-order valence-electron chi connectivity index (χ2n) is 1.85. The van der Waals surface area contributed by atoms with Gasteiger partial charge in [-0.1, -0.05) is 15.9 Å². The summed E-state index contributed by atoms with van der Waals surface area (Å²) < 4.78 is 0.936. The molecule has 0 fully saturated rings. The summed E-state index contributed by atoms with van der Waals surface area (Å²) >= 11 is 7.92. The van der Waals surface area contributed by atoms with Gasteiger partial charge in [0.15, 0.2) is 5.11 Å². The van der Waals surface area contributed by atoms with Crippen LogP contribution in [0.25, 0.3) is 0 Å². The van der Waals surface area contributed by atoms with Crippen molar-refractivity contribution in [3.63, 3.8) is 0 Å².